The highest BCUT2D eigenvalue weighted by atomic mass is 32.2. The predicted molar refractivity (Wildman–Crippen MR) is 108 cm³/mol. The van der Waals surface area contributed by atoms with Gasteiger partial charge in [-0.25, -0.2) is 0 Å². The number of benzene rings is 2. The molecular weight excluding hydrogens is 364 g/mol. The Bertz CT molecular complexity index is 903. The van der Waals surface area contributed by atoms with Crippen molar-refractivity contribution in [3.63, 3.8) is 0 Å². The molecule has 5 nitrogen and oxygen atoms in total. The minimum Gasteiger partial charge on any atom is -0.493 e. The summed E-state index contributed by atoms with van der Waals surface area (Å²) in [7, 11) is 3.19. The molecule has 0 bridgehead atoms. The van der Waals surface area contributed by atoms with Gasteiger partial charge in [0.05, 0.1) is 12.0 Å². The Morgan fingerprint density at radius 3 is 2.63 bits per heavy atom. The molecule has 3 aromatic rings. The molecule has 2 aromatic carbocycles. The SMILES string of the molecule is COCOc1ccc(-c2oc3ccc(CCCO)cc3c2SC)cc1OC. The van der Waals surface area contributed by atoms with Gasteiger partial charge in [0, 0.05) is 24.7 Å². The molecule has 1 aromatic heterocycles. The lowest BCUT2D eigenvalue weighted by Crippen LogP contribution is -2.00. The monoisotopic (exact) mass is 388 g/mol. The number of aliphatic hydroxyl groups excluding tert-OH is 1. The first-order valence-corrected chi connectivity index (χ1v) is 9.94. The molecule has 0 aliphatic heterocycles. The summed E-state index contributed by atoms with van der Waals surface area (Å²) in [6.45, 7) is 0.356. The van der Waals surface area contributed by atoms with E-state index in [1.165, 1.54) is 5.56 Å². The Balaban J connectivity index is 2.02. The van der Waals surface area contributed by atoms with Crippen LogP contribution in [0, 0.1) is 0 Å². The Morgan fingerprint density at radius 1 is 1.07 bits per heavy atom. The van der Waals surface area contributed by atoms with Crippen molar-refractivity contribution in [3.8, 4) is 22.8 Å². The molecule has 0 saturated carbocycles. The van der Waals surface area contributed by atoms with Crippen LogP contribution in [0.15, 0.2) is 45.7 Å². The summed E-state index contributed by atoms with van der Waals surface area (Å²) in [4.78, 5) is 1.09. The summed E-state index contributed by atoms with van der Waals surface area (Å²) in [5.74, 6) is 2.06. The second-order valence-corrected chi connectivity index (χ2v) is 6.86. The predicted octanol–water partition coefficient (Wildman–Crippen LogP) is 4.74. The number of hydrogen-bond acceptors (Lipinski definition) is 6. The molecule has 3 rings (SSSR count). The molecule has 144 valence electrons. The van der Waals surface area contributed by atoms with Crippen LogP contribution in [0.1, 0.15) is 12.0 Å². The van der Waals surface area contributed by atoms with E-state index in [-0.39, 0.29) is 13.4 Å². The number of methoxy groups -OCH3 is 2. The van der Waals surface area contributed by atoms with Gasteiger partial charge in [-0.2, -0.15) is 0 Å². The van der Waals surface area contributed by atoms with Gasteiger partial charge in [-0.1, -0.05) is 6.07 Å². The van der Waals surface area contributed by atoms with Gasteiger partial charge in [0.15, 0.2) is 18.3 Å². The largest absolute Gasteiger partial charge is 0.493 e. The lowest BCUT2D eigenvalue weighted by atomic mass is 10.1. The molecule has 1 N–H and O–H groups in total. The van der Waals surface area contributed by atoms with E-state index in [1.54, 1.807) is 26.0 Å². The van der Waals surface area contributed by atoms with Crippen molar-refractivity contribution in [2.75, 3.05) is 33.9 Å². The Labute approximate surface area is 163 Å². The van der Waals surface area contributed by atoms with Crippen LogP contribution in [0.2, 0.25) is 0 Å². The quantitative estimate of drug-likeness (QED) is 0.422. The molecule has 0 aliphatic rings. The fourth-order valence-electron chi connectivity index (χ4n) is 3.00. The number of aliphatic hydroxyl groups is 1. The van der Waals surface area contributed by atoms with Crippen molar-refractivity contribution in [3.05, 3.63) is 42.0 Å². The minimum atomic E-state index is 0.160. The number of fused-ring (bicyclic) bond motifs is 1. The Kier molecular flexibility index (Phi) is 6.66. The van der Waals surface area contributed by atoms with Crippen LogP contribution in [-0.2, 0) is 11.2 Å². The van der Waals surface area contributed by atoms with E-state index < -0.39 is 0 Å². The number of aryl methyl sites for hydroxylation is 1. The molecule has 0 amide bonds. The van der Waals surface area contributed by atoms with Crippen LogP contribution in [0.3, 0.4) is 0 Å². The highest BCUT2D eigenvalue weighted by Crippen LogP contribution is 2.42. The number of furan rings is 1. The summed E-state index contributed by atoms with van der Waals surface area (Å²) in [5, 5.41) is 10.2. The third-order valence-electron chi connectivity index (χ3n) is 4.29. The molecule has 27 heavy (non-hydrogen) atoms. The fourth-order valence-corrected chi connectivity index (χ4v) is 3.73. The molecule has 0 spiro atoms. The summed E-state index contributed by atoms with van der Waals surface area (Å²) in [5.41, 5.74) is 2.97. The smallest absolute Gasteiger partial charge is 0.188 e. The topological polar surface area (TPSA) is 61.1 Å². The van der Waals surface area contributed by atoms with Crippen molar-refractivity contribution in [2.45, 2.75) is 17.7 Å². The average molecular weight is 388 g/mol. The van der Waals surface area contributed by atoms with Crippen molar-refractivity contribution < 1.29 is 23.7 Å². The van der Waals surface area contributed by atoms with Crippen LogP contribution in [0.5, 0.6) is 11.5 Å². The molecular formula is C21H24O5S. The zero-order valence-corrected chi connectivity index (χ0v) is 16.6. The molecule has 0 saturated heterocycles. The molecule has 0 atom stereocenters. The molecule has 0 unspecified atom stereocenters. The third kappa shape index (κ3) is 4.24. The molecule has 0 radical (unpaired) electrons. The van der Waals surface area contributed by atoms with E-state index in [9.17, 15) is 0 Å². The van der Waals surface area contributed by atoms with Crippen molar-refractivity contribution in [2.24, 2.45) is 0 Å². The first kappa shape index (κ1) is 19.6. The first-order valence-electron chi connectivity index (χ1n) is 8.72. The van der Waals surface area contributed by atoms with Gasteiger partial charge in [0.1, 0.15) is 11.3 Å². The van der Waals surface area contributed by atoms with Crippen LogP contribution in [0.25, 0.3) is 22.3 Å². The zero-order chi connectivity index (χ0) is 19.2. The summed E-state index contributed by atoms with van der Waals surface area (Å²) in [6, 6.07) is 11.9. The number of thioether (sulfide) groups is 1. The normalized spacial score (nSPS) is 11.1. The second kappa shape index (κ2) is 9.17. The maximum atomic E-state index is 9.07. The van der Waals surface area contributed by atoms with Crippen LogP contribution >= 0.6 is 11.8 Å². The van der Waals surface area contributed by atoms with E-state index in [0.717, 1.165) is 40.0 Å². The highest BCUT2D eigenvalue weighted by molar-refractivity contribution is 7.99. The van der Waals surface area contributed by atoms with Gasteiger partial charge in [-0.3, -0.25) is 0 Å². The molecule has 6 heteroatoms. The first-order chi connectivity index (χ1) is 13.2. The van der Waals surface area contributed by atoms with Gasteiger partial charge in [0.25, 0.3) is 0 Å². The Morgan fingerprint density at radius 2 is 1.93 bits per heavy atom. The molecule has 0 fully saturated rings. The number of rotatable bonds is 9. The van der Waals surface area contributed by atoms with E-state index in [2.05, 4.69) is 12.1 Å². The van der Waals surface area contributed by atoms with Gasteiger partial charge >= 0.3 is 0 Å². The third-order valence-corrected chi connectivity index (χ3v) is 5.11. The lowest BCUT2D eigenvalue weighted by Gasteiger charge is -2.11. The second-order valence-electron chi connectivity index (χ2n) is 6.04. The van der Waals surface area contributed by atoms with Gasteiger partial charge in [-0.15, -0.1) is 11.8 Å². The van der Waals surface area contributed by atoms with Crippen LogP contribution in [-0.4, -0.2) is 39.0 Å². The highest BCUT2D eigenvalue weighted by Gasteiger charge is 2.17. The standard InChI is InChI=1S/C21H24O5S/c1-23-13-25-18-9-7-15(12-19(18)24-2)20-21(27-3)16-11-14(5-4-10-22)6-8-17(16)26-20/h6-9,11-12,22H,4-5,10,13H2,1-3H3. The average Bonchev–Trinajstić information content (AvgIpc) is 3.08. The summed E-state index contributed by atoms with van der Waals surface area (Å²) in [6.07, 6.45) is 3.65. The van der Waals surface area contributed by atoms with E-state index >= 15 is 0 Å². The number of ether oxygens (including phenoxy) is 3. The summed E-state index contributed by atoms with van der Waals surface area (Å²) < 4.78 is 22.1. The van der Waals surface area contributed by atoms with Gasteiger partial charge < -0.3 is 23.7 Å². The minimum absolute atomic E-state index is 0.160. The van der Waals surface area contributed by atoms with E-state index in [4.69, 9.17) is 23.7 Å². The van der Waals surface area contributed by atoms with E-state index in [0.29, 0.717) is 11.5 Å². The maximum Gasteiger partial charge on any atom is 0.188 e. The lowest BCUT2D eigenvalue weighted by molar-refractivity contribution is 0.0492. The van der Waals surface area contributed by atoms with Crippen molar-refractivity contribution in [1.29, 1.82) is 0 Å². The van der Waals surface area contributed by atoms with E-state index in [1.807, 2.05) is 30.5 Å². The van der Waals surface area contributed by atoms with Crippen LogP contribution < -0.4 is 9.47 Å². The number of hydrogen-bond donors (Lipinski definition) is 1. The van der Waals surface area contributed by atoms with Gasteiger partial charge in [-0.05, 0) is 55.0 Å². The van der Waals surface area contributed by atoms with Crippen LogP contribution in [0.4, 0.5) is 0 Å². The van der Waals surface area contributed by atoms with Crippen molar-refractivity contribution >= 4 is 22.7 Å². The molecule has 1 heterocycles. The van der Waals surface area contributed by atoms with Crippen molar-refractivity contribution in [1.82, 2.24) is 0 Å². The van der Waals surface area contributed by atoms with Gasteiger partial charge in [0.2, 0.25) is 0 Å². The Hall–Kier alpha value is -2.15. The zero-order valence-electron chi connectivity index (χ0n) is 15.8. The summed E-state index contributed by atoms with van der Waals surface area (Å²) >= 11 is 1.66. The molecule has 0 aliphatic carbocycles. The maximum absolute atomic E-state index is 9.07. The fraction of sp³-hybridized carbons (Fsp3) is 0.333.